The molecule has 5 heteroatoms. The van der Waals surface area contributed by atoms with Gasteiger partial charge in [0.05, 0.1) is 10.5 Å². The molecule has 0 aromatic heterocycles. The van der Waals surface area contributed by atoms with Gasteiger partial charge in [-0.3, -0.25) is 4.79 Å². The van der Waals surface area contributed by atoms with E-state index in [2.05, 4.69) is 6.07 Å². The molecule has 4 nitrogen and oxygen atoms in total. The lowest BCUT2D eigenvalue weighted by atomic mass is 9.99. The van der Waals surface area contributed by atoms with Crippen LogP contribution in [0.25, 0.3) is 0 Å². The molecule has 0 bridgehead atoms. The van der Waals surface area contributed by atoms with Gasteiger partial charge in [-0.1, -0.05) is 36.4 Å². The number of nitrogens with zero attached hydrogens (tertiary/aromatic N) is 1. The molecular weight excluding hydrogens is 298 g/mol. The maximum Gasteiger partial charge on any atom is 0.255 e. The van der Waals surface area contributed by atoms with Crippen molar-refractivity contribution >= 4 is 15.7 Å². The molecule has 0 aliphatic carbocycles. The van der Waals surface area contributed by atoms with E-state index in [9.17, 15) is 13.2 Å². The van der Waals surface area contributed by atoms with Gasteiger partial charge in [0, 0.05) is 19.3 Å². The molecule has 3 rings (SSSR count). The molecule has 2 aromatic rings. The van der Waals surface area contributed by atoms with E-state index in [1.807, 2.05) is 18.2 Å². The number of rotatable bonds is 2. The van der Waals surface area contributed by atoms with Crippen molar-refractivity contribution in [3.8, 4) is 0 Å². The first-order valence-electron chi connectivity index (χ1n) is 7.12. The molecule has 1 heterocycles. The highest BCUT2D eigenvalue weighted by Gasteiger charge is 2.25. The van der Waals surface area contributed by atoms with Crippen LogP contribution in [-0.4, -0.2) is 32.0 Å². The lowest BCUT2D eigenvalue weighted by molar-refractivity contribution is 0.0731. The van der Waals surface area contributed by atoms with Crippen molar-refractivity contribution in [2.24, 2.45) is 0 Å². The van der Waals surface area contributed by atoms with Crippen LogP contribution in [-0.2, 0) is 22.8 Å². The van der Waals surface area contributed by atoms with Gasteiger partial charge in [-0.25, -0.2) is 8.42 Å². The summed E-state index contributed by atoms with van der Waals surface area (Å²) in [4.78, 5) is 14.5. The smallest absolute Gasteiger partial charge is 0.255 e. The van der Waals surface area contributed by atoms with Crippen LogP contribution in [0.4, 0.5) is 0 Å². The van der Waals surface area contributed by atoms with Crippen LogP contribution in [0.3, 0.4) is 0 Å². The van der Waals surface area contributed by atoms with E-state index in [4.69, 9.17) is 0 Å². The minimum atomic E-state index is -3.43. The maximum absolute atomic E-state index is 12.7. The second kappa shape index (κ2) is 5.57. The van der Waals surface area contributed by atoms with Gasteiger partial charge in [-0.05, 0) is 29.7 Å². The van der Waals surface area contributed by atoms with Gasteiger partial charge in [-0.15, -0.1) is 0 Å². The Kier molecular flexibility index (Phi) is 3.74. The SMILES string of the molecule is CS(=O)(=O)c1ccccc1C(=O)N1CCc2ccccc2C1. The van der Waals surface area contributed by atoms with E-state index in [0.717, 1.165) is 18.2 Å². The van der Waals surface area contributed by atoms with Crippen LogP contribution in [0, 0.1) is 0 Å². The first-order chi connectivity index (χ1) is 10.5. The first-order valence-corrected chi connectivity index (χ1v) is 9.01. The molecule has 1 aliphatic heterocycles. The van der Waals surface area contributed by atoms with Crippen molar-refractivity contribution < 1.29 is 13.2 Å². The van der Waals surface area contributed by atoms with Crippen molar-refractivity contribution in [2.45, 2.75) is 17.9 Å². The second-order valence-corrected chi connectivity index (χ2v) is 7.50. The summed E-state index contributed by atoms with van der Waals surface area (Å²) in [5, 5.41) is 0. The Hall–Kier alpha value is -2.14. The van der Waals surface area contributed by atoms with Gasteiger partial charge < -0.3 is 4.90 Å². The fraction of sp³-hybridized carbons (Fsp3) is 0.235. The summed E-state index contributed by atoms with van der Waals surface area (Å²) in [7, 11) is -3.43. The van der Waals surface area contributed by atoms with Gasteiger partial charge in [0.25, 0.3) is 5.91 Å². The Morgan fingerprint density at radius 1 is 1.00 bits per heavy atom. The average Bonchev–Trinajstić information content (AvgIpc) is 2.53. The number of hydrogen-bond acceptors (Lipinski definition) is 3. The minimum Gasteiger partial charge on any atom is -0.334 e. The predicted octanol–water partition coefficient (Wildman–Crippen LogP) is 2.29. The van der Waals surface area contributed by atoms with E-state index in [1.165, 1.54) is 11.6 Å². The summed E-state index contributed by atoms with van der Waals surface area (Å²) >= 11 is 0. The van der Waals surface area contributed by atoms with Crippen molar-refractivity contribution in [2.75, 3.05) is 12.8 Å². The molecule has 1 aliphatic rings. The van der Waals surface area contributed by atoms with E-state index in [0.29, 0.717) is 13.1 Å². The molecule has 0 unspecified atom stereocenters. The highest BCUT2D eigenvalue weighted by molar-refractivity contribution is 7.90. The Balaban J connectivity index is 1.94. The molecule has 22 heavy (non-hydrogen) atoms. The third-order valence-corrected chi connectivity index (χ3v) is 5.09. The molecule has 0 N–H and O–H groups in total. The monoisotopic (exact) mass is 315 g/mol. The fourth-order valence-electron chi connectivity index (χ4n) is 2.81. The second-order valence-electron chi connectivity index (χ2n) is 5.51. The predicted molar refractivity (Wildman–Crippen MR) is 84.4 cm³/mol. The van der Waals surface area contributed by atoms with Crippen LogP contribution in [0.15, 0.2) is 53.4 Å². The standard InChI is InChI=1S/C17H17NO3S/c1-22(20,21)16-9-5-4-8-15(16)17(19)18-11-10-13-6-2-3-7-14(13)12-18/h2-9H,10-12H2,1H3. The normalized spacial score (nSPS) is 14.5. The maximum atomic E-state index is 12.7. The van der Waals surface area contributed by atoms with E-state index in [1.54, 1.807) is 23.1 Å². The highest BCUT2D eigenvalue weighted by atomic mass is 32.2. The number of fused-ring (bicyclic) bond motifs is 1. The van der Waals surface area contributed by atoms with Crippen LogP contribution in [0.2, 0.25) is 0 Å². The first kappa shape index (κ1) is 14.8. The van der Waals surface area contributed by atoms with Gasteiger partial charge >= 0.3 is 0 Å². The lowest BCUT2D eigenvalue weighted by Gasteiger charge is -2.29. The van der Waals surface area contributed by atoms with E-state index in [-0.39, 0.29) is 16.4 Å². The quantitative estimate of drug-likeness (QED) is 0.854. The minimum absolute atomic E-state index is 0.0962. The third-order valence-electron chi connectivity index (χ3n) is 3.93. The van der Waals surface area contributed by atoms with Gasteiger partial charge in [0.2, 0.25) is 0 Å². The molecule has 0 saturated carbocycles. The van der Waals surface area contributed by atoms with Gasteiger partial charge in [-0.2, -0.15) is 0 Å². The Labute approximate surface area is 130 Å². The largest absolute Gasteiger partial charge is 0.334 e. The van der Waals surface area contributed by atoms with Crippen molar-refractivity contribution in [3.05, 3.63) is 65.2 Å². The van der Waals surface area contributed by atoms with Gasteiger partial charge in [0.15, 0.2) is 9.84 Å². The van der Waals surface area contributed by atoms with E-state index >= 15 is 0 Å². The number of amides is 1. The molecule has 0 saturated heterocycles. The van der Waals surface area contributed by atoms with E-state index < -0.39 is 9.84 Å². The summed E-state index contributed by atoms with van der Waals surface area (Å²) in [6, 6.07) is 14.4. The van der Waals surface area contributed by atoms with Crippen molar-refractivity contribution in [1.29, 1.82) is 0 Å². The van der Waals surface area contributed by atoms with Gasteiger partial charge in [0.1, 0.15) is 0 Å². The Morgan fingerprint density at radius 3 is 2.36 bits per heavy atom. The number of benzene rings is 2. The summed E-state index contributed by atoms with van der Waals surface area (Å²) in [5.41, 5.74) is 2.63. The molecule has 0 spiro atoms. The summed E-state index contributed by atoms with van der Waals surface area (Å²) in [6.45, 7) is 1.13. The molecule has 0 atom stereocenters. The average molecular weight is 315 g/mol. The zero-order valence-corrected chi connectivity index (χ0v) is 13.1. The number of carbonyl (C=O) groups is 1. The highest BCUT2D eigenvalue weighted by Crippen LogP contribution is 2.23. The van der Waals surface area contributed by atoms with Crippen LogP contribution < -0.4 is 0 Å². The number of sulfone groups is 1. The molecule has 0 radical (unpaired) electrons. The number of hydrogen-bond donors (Lipinski definition) is 0. The zero-order chi connectivity index (χ0) is 15.7. The molecule has 1 amide bonds. The van der Waals surface area contributed by atoms with Crippen LogP contribution >= 0.6 is 0 Å². The Bertz CT molecular complexity index is 827. The topological polar surface area (TPSA) is 54.5 Å². The van der Waals surface area contributed by atoms with Crippen molar-refractivity contribution in [3.63, 3.8) is 0 Å². The molecule has 0 fully saturated rings. The van der Waals surface area contributed by atoms with Crippen LogP contribution in [0.5, 0.6) is 0 Å². The summed E-state index contributed by atoms with van der Waals surface area (Å²) in [5.74, 6) is -0.226. The molecular formula is C17H17NO3S. The number of carbonyl (C=O) groups excluding carboxylic acids is 1. The molecule has 114 valence electrons. The summed E-state index contributed by atoms with van der Waals surface area (Å²) in [6.07, 6.45) is 1.92. The third kappa shape index (κ3) is 2.76. The fourth-order valence-corrected chi connectivity index (χ4v) is 3.69. The van der Waals surface area contributed by atoms with Crippen molar-refractivity contribution in [1.82, 2.24) is 4.90 Å². The van der Waals surface area contributed by atoms with Crippen LogP contribution in [0.1, 0.15) is 21.5 Å². The Morgan fingerprint density at radius 2 is 1.64 bits per heavy atom. The molecule has 2 aromatic carbocycles. The zero-order valence-electron chi connectivity index (χ0n) is 12.3. The lowest BCUT2D eigenvalue weighted by Crippen LogP contribution is -2.36. The summed E-state index contributed by atoms with van der Waals surface area (Å²) < 4.78 is 23.7.